The van der Waals surface area contributed by atoms with Crippen molar-refractivity contribution in [1.82, 2.24) is 4.90 Å². The number of ether oxygens (including phenoxy) is 2. The molecule has 1 saturated carbocycles. The highest BCUT2D eigenvalue weighted by molar-refractivity contribution is 5.91. The summed E-state index contributed by atoms with van der Waals surface area (Å²) in [5, 5.41) is 8.97. The lowest BCUT2D eigenvalue weighted by Crippen LogP contribution is -2.52. The first kappa shape index (κ1) is 30.0. The van der Waals surface area contributed by atoms with Crippen LogP contribution in [-0.4, -0.2) is 41.3 Å². The highest BCUT2D eigenvalue weighted by atomic mass is 19.4. The third-order valence-electron chi connectivity index (χ3n) is 9.02. The molecule has 2 bridgehead atoms. The summed E-state index contributed by atoms with van der Waals surface area (Å²) >= 11 is 0. The van der Waals surface area contributed by atoms with E-state index < -0.39 is 29.9 Å². The lowest BCUT2D eigenvalue weighted by atomic mass is 9.78. The van der Waals surface area contributed by atoms with Crippen LogP contribution < -0.4 is 4.74 Å². The van der Waals surface area contributed by atoms with Crippen molar-refractivity contribution in [1.29, 1.82) is 5.41 Å². The van der Waals surface area contributed by atoms with Crippen LogP contribution in [-0.2, 0) is 17.5 Å². The molecule has 1 aliphatic carbocycles. The zero-order valence-electron chi connectivity index (χ0n) is 23.5. The van der Waals surface area contributed by atoms with Crippen molar-refractivity contribution in [3.05, 3.63) is 41.5 Å². The molecular formula is C31H38F6N2O2. The molecule has 0 aromatic heterocycles. The quantitative estimate of drug-likeness (QED) is 0.210. The van der Waals surface area contributed by atoms with E-state index in [1.165, 1.54) is 6.07 Å². The fourth-order valence-corrected chi connectivity index (χ4v) is 7.13. The summed E-state index contributed by atoms with van der Waals surface area (Å²) < 4.78 is 95.0. The largest absolute Gasteiger partial charge is 0.490 e. The maximum absolute atomic E-state index is 14.7. The van der Waals surface area contributed by atoms with Gasteiger partial charge in [-0.05, 0) is 82.2 Å². The van der Waals surface area contributed by atoms with Crippen molar-refractivity contribution in [3.63, 3.8) is 0 Å². The van der Waals surface area contributed by atoms with E-state index in [0.717, 1.165) is 32.1 Å². The topological polar surface area (TPSA) is 45.5 Å². The molecule has 2 unspecified atom stereocenters. The van der Waals surface area contributed by atoms with Crippen molar-refractivity contribution in [2.24, 2.45) is 11.8 Å². The Balaban J connectivity index is 1.42. The average molecular weight is 585 g/mol. The molecule has 3 aliphatic rings. The number of hydrogen-bond donors (Lipinski definition) is 1. The Bertz CT molecular complexity index is 1220. The molecule has 0 radical (unpaired) electrons. The van der Waals surface area contributed by atoms with Gasteiger partial charge in [0.2, 0.25) is 0 Å². The fourth-order valence-electron chi connectivity index (χ4n) is 7.13. The van der Waals surface area contributed by atoms with Gasteiger partial charge in [0.25, 0.3) is 0 Å². The maximum Gasteiger partial charge on any atom is 0.420 e. The second kappa shape index (κ2) is 11.7. The van der Waals surface area contributed by atoms with Gasteiger partial charge in [0.15, 0.2) is 5.90 Å². The molecule has 3 fully saturated rings. The van der Waals surface area contributed by atoms with E-state index in [0.29, 0.717) is 23.4 Å². The Morgan fingerprint density at radius 2 is 1.59 bits per heavy atom. The lowest BCUT2D eigenvalue weighted by molar-refractivity contribution is -0.185. The van der Waals surface area contributed by atoms with Gasteiger partial charge < -0.3 is 9.47 Å². The molecule has 226 valence electrons. The molecule has 4 nitrogen and oxygen atoms in total. The highest BCUT2D eigenvalue weighted by Crippen LogP contribution is 2.46. The number of benzene rings is 2. The Labute approximate surface area is 236 Å². The van der Waals surface area contributed by atoms with E-state index in [4.69, 9.17) is 14.9 Å². The van der Waals surface area contributed by atoms with E-state index in [1.54, 1.807) is 24.3 Å². The zero-order valence-corrected chi connectivity index (χ0v) is 23.5. The van der Waals surface area contributed by atoms with Crippen molar-refractivity contribution in [2.75, 3.05) is 0 Å². The van der Waals surface area contributed by atoms with Crippen molar-refractivity contribution >= 4 is 16.7 Å². The summed E-state index contributed by atoms with van der Waals surface area (Å²) in [7, 11) is 0. The van der Waals surface area contributed by atoms with Gasteiger partial charge in [0.05, 0.1) is 18.1 Å². The SMILES string of the molecule is CC(C)OC(=N)C1CC2CCCC(C1)N2Cc1cccc2ccc(OC3CCC(C(F)(F)F)CC3)c(C(F)(F)F)c12. The number of rotatable bonds is 6. The Hall–Kier alpha value is -2.49. The summed E-state index contributed by atoms with van der Waals surface area (Å²) in [6.45, 7) is 4.14. The molecule has 2 saturated heterocycles. The molecule has 1 N–H and O–H groups in total. The second-order valence-electron chi connectivity index (χ2n) is 12.2. The number of halogens is 6. The van der Waals surface area contributed by atoms with Crippen LogP contribution in [0.1, 0.15) is 82.8 Å². The third kappa shape index (κ3) is 6.62. The smallest absolute Gasteiger partial charge is 0.420 e. The zero-order chi connectivity index (χ0) is 29.5. The molecular weight excluding hydrogens is 546 g/mol. The van der Waals surface area contributed by atoms with Crippen molar-refractivity contribution in [3.8, 4) is 5.75 Å². The lowest BCUT2D eigenvalue weighted by Gasteiger charge is -2.49. The van der Waals surface area contributed by atoms with Gasteiger partial charge in [0, 0.05) is 29.9 Å². The monoisotopic (exact) mass is 584 g/mol. The summed E-state index contributed by atoms with van der Waals surface area (Å²) in [6.07, 6.45) is -5.55. The second-order valence-corrected chi connectivity index (χ2v) is 12.2. The molecule has 2 aliphatic heterocycles. The fraction of sp³-hybridized carbons (Fsp3) is 0.645. The number of alkyl halides is 6. The van der Waals surface area contributed by atoms with Crippen LogP contribution in [0.5, 0.6) is 5.75 Å². The highest BCUT2D eigenvalue weighted by Gasteiger charge is 2.44. The molecule has 10 heteroatoms. The van der Waals surface area contributed by atoms with Crippen LogP contribution in [0.4, 0.5) is 26.3 Å². The number of piperidine rings is 2. The summed E-state index contributed by atoms with van der Waals surface area (Å²) in [4.78, 5) is 2.31. The molecule has 2 heterocycles. The van der Waals surface area contributed by atoms with E-state index in [9.17, 15) is 26.3 Å². The van der Waals surface area contributed by atoms with Gasteiger partial charge in [-0.15, -0.1) is 0 Å². The van der Waals surface area contributed by atoms with E-state index in [1.807, 2.05) is 13.8 Å². The standard InChI is InChI=1S/C31H38F6N2O2/c1-18(2)40-29(38)21-15-23-7-4-8-24(16-21)39(23)17-20-6-3-5-19-9-14-26(28(27(19)20)31(35,36)37)41-25-12-10-22(11-13-25)30(32,33)34/h3,5-6,9,14,18,21-25,38H,4,7-8,10-13,15-17H2,1-2H3. The first-order chi connectivity index (χ1) is 19.3. The molecule has 2 atom stereocenters. The molecule has 0 amide bonds. The van der Waals surface area contributed by atoms with Gasteiger partial charge in [-0.25, -0.2) is 0 Å². The molecule has 41 heavy (non-hydrogen) atoms. The Morgan fingerprint density at radius 3 is 2.17 bits per heavy atom. The van der Waals surface area contributed by atoms with Crippen LogP contribution in [0.25, 0.3) is 10.8 Å². The first-order valence-corrected chi connectivity index (χ1v) is 14.7. The van der Waals surface area contributed by atoms with Crippen LogP contribution in [0, 0.1) is 17.2 Å². The minimum Gasteiger partial charge on any atom is -0.490 e. The van der Waals surface area contributed by atoms with Gasteiger partial charge in [-0.1, -0.05) is 30.7 Å². The van der Waals surface area contributed by atoms with Crippen LogP contribution in [0.15, 0.2) is 30.3 Å². The Morgan fingerprint density at radius 1 is 0.927 bits per heavy atom. The number of nitrogens with one attached hydrogen (secondary N) is 1. The number of nitrogens with zero attached hydrogens (tertiary/aromatic N) is 1. The van der Waals surface area contributed by atoms with Crippen molar-refractivity contribution < 1.29 is 35.8 Å². The maximum atomic E-state index is 14.7. The third-order valence-corrected chi connectivity index (χ3v) is 9.02. The summed E-state index contributed by atoms with van der Waals surface area (Å²) in [5.74, 6) is -1.44. The van der Waals surface area contributed by atoms with Crippen LogP contribution in [0.3, 0.4) is 0 Å². The predicted octanol–water partition coefficient (Wildman–Crippen LogP) is 8.89. The predicted molar refractivity (Wildman–Crippen MR) is 145 cm³/mol. The first-order valence-electron chi connectivity index (χ1n) is 14.7. The van der Waals surface area contributed by atoms with Gasteiger partial charge in [-0.3, -0.25) is 10.3 Å². The number of hydrogen-bond acceptors (Lipinski definition) is 4. The van der Waals surface area contributed by atoms with E-state index in [-0.39, 0.29) is 60.9 Å². The number of fused-ring (bicyclic) bond motifs is 3. The molecule has 2 aromatic rings. The van der Waals surface area contributed by atoms with Crippen LogP contribution in [0.2, 0.25) is 0 Å². The minimum absolute atomic E-state index is 0.00893. The normalized spacial score (nSPS) is 27.7. The van der Waals surface area contributed by atoms with Gasteiger partial charge in [-0.2, -0.15) is 26.3 Å². The summed E-state index contributed by atoms with van der Waals surface area (Å²) in [6, 6.07) is 8.39. The average Bonchev–Trinajstić information content (AvgIpc) is 2.87. The van der Waals surface area contributed by atoms with E-state index in [2.05, 4.69) is 4.90 Å². The van der Waals surface area contributed by atoms with E-state index >= 15 is 0 Å². The molecule has 0 spiro atoms. The van der Waals surface area contributed by atoms with Crippen molar-refractivity contribution in [2.45, 2.75) is 115 Å². The Kier molecular flexibility index (Phi) is 8.52. The minimum atomic E-state index is -4.71. The summed E-state index contributed by atoms with van der Waals surface area (Å²) in [5.41, 5.74) is -0.291. The molecule has 2 aromatic carbocycles. The van der Waals surface area contributed by atoms with Gasteiger partial charge >= 0.3 is 12.4 Å². The molecule has 5 rings (SSSR count). The van der Waals surface area contributed by atoms with Crippen LogP contribution >= 0.6 is 0 Å². The van der Waals surface area contributed by atoms with Gasteiger partial charge in [0.1, 0.15) is 11.3 Å².